The highest BCUT2D eigenvalue weighted by molar-refractivity contribution is 7.80. The van der Waals surface area contributed by atoms with Gasteiger partial charge in [0.1, 0.15) is 78.3 Å². The van der Waals surface area contributed by atoms with Crippen LogP contribution in [0.15, 0.2) is 85.2 Å². The smallest absolute Gasteiger partial charge is 0.326 e. The van der Waals surface area contributed by atoms with Gasteiger partial charge >= 0.3 is 17.9 Å². The van der Waals surface area contributed by atoms with Crippen LogP contribution >= 0.6 is 25.3 Å². The molecular formula is C75H101N17O23S2. The van der Waals surface area contributed by atoms with Crippen LogP contribution in [0.2, 0.25) is 0 Å². The van der Waals surface area contributed by atoms with Crippen LogP contribution in [0.25, 0.3) is 21.8 Å². The van der Waals surface area contributed by atoms with Gasteiger partial charge in [-0.25, -0.2) is 4.79 Å². The van der Waals surface area contributed by atoms with Gasteiger partial charge in [0.05, 0.1) is 32.8 Å². The zero-order valence-corrected chi connectivity index (χ0v) is 66.2. The molecule has 0 saturated carbocycles. The van der Waals surface area contributed by atoms with E-state index in [1.807, 2.05) is 0 Å². The Hall–Kier alpha value is -11.9. The minimum Gasteiger partial charge on any atom is -0.508 e. The van der Waals surface area contributed by atoms with Crippen molar-refractivity contribution in [2.24, 2.45) is 17.6 Å². The molecule has 0 unspecified atom stereocenters. The zero-order valence-electron chi connectivity index (χ0n) is 64.4. The fourth-order valence-electron chi connectivity index (χ4n) is 12.5. The number of para-hydroxylation sites is 2. The van der Waals surface area contributed by atoms with Gasteiger partial charge in [-0.2, -0.15) is 25.3 Å². The molecule has 0 spiro atoms. The molecule has 636 valence electrons. The Balaban J connectivity index is 1.07. The monoisotopic (exact) mass is 1670 g/mol. The Labute approximate surface area is 681 Å². The maximum absolute atomic E-state index is 14.6. The van der Waals surface area contributed by atoms with Crippen molar-refractivity contribution in [2.75, 3.05) is 50.9 Å². The van der Waals surface area contributed by atoms with E-state index in [1.54, 1.807) is 74.8 Å². The predicted octanol–water partition coefficient (Wildman–Crippen LogP) is -4.74. The van der Waals surface area contributed by atoms with Gasteiger partial charge in [-0.05, 0) is 84.9 Å². The molecule has 23 N–H and O–H groups in total. The summed E-state index contributed by atoms with van der Waals surface area (Å²) in [6.07, 6.45) is 0.308. The van der Waals surface area contributed by atoms with E-state index in [2.05, 4.69) is 104 Å². The van der Waals surface area contributed by atoms with Crippen molar-refractivity contribution in [1.82, 2.24) is 84.0 Å². The van der Waals surface area contributed by atoms with E-state index < -0.39 is 243 Å². The standard InChI is InChI=1S/C75H101N17O23S2/c1-37(2)24-53(75(114)115)87-69(108)54(34-94)88-68(107)51(26-40-28-77-46-12-7-5-10-43(40)46)85-70(109)56(36-117)90-73(112)63(38(3)4)91-67(106)49(20-22-62(101)102)83-59(97)31-79-58(96)30-80-65(104)50(25-39-15-17-42(95)18-16-39)84-66(105)48(19-21-61(99)100)82-60(98)32-81-72(111)57-14-9-23-92(57)74(113)52(27-41-29-78-47-13-8-6-11-44(41)47)86-71(110)55(35-116)89-64(103)45(76)33-93/h5-8,10-13,15-18,28-29,37-38,45,48-57,63,77-78,93-95,116-117H,9,14,19-27,30-36,76H2,1-4H3,(H,79,96)(H,80,104)(H,81,111)(H,82,98)(H,83,97)(H,84,105)(H,85,109)(H,86,110)(H,87,108)(H,88,107)(H,89,103)(H,90,112)(H,91,106)(H,99,100)(H,101,102)(H,114,115)/t45-,48-,49-,50-,51-,52-,53-,54-,55-,56-,57-,63-/m0/s1. The number of hydrogen-bond donors (Lipinski definition) is 24. The number of carboxylic acid groups (broad SMARTS) is 3. The number of aromatic amines is 2. The van der Waals surface area contributed by atoms with E-state index in [1.165, 1.54) is 43.0 Å². The summed E-state index contributed by atoms with van der Waals surface area (Å²) in [4.78, 5) is 236. The van der Waals surface area contributed by atoms with Crippen molar-refractivity contribution < 1.29 is 112 Å². The number of aromatic nitrogens is 2. The van der Waals surface area contributed by atoms with E-state index in [0.29, 0.717) is 44.9 Å². The lowest BCUT2D eigenvalue weighted by Gasteiger charge is -2.30. The zero-order chi connectivity index (χ0) is 86.3. The molecule has 2 aromatic heterocycles. The number of phenols is 1. The third kappa shape index (κ3) is 29.1. The van der Waals surface area contributed by atoms with Gasteiger partial charge in [0.25, 0.3) is 0 Å². The SMILES string of the molecule is CC(C)C[C@H](NC(=O)[C@H](CO)NC(=O)[C@H](Cc1c[nH]c2ccccc12)NC(=O)[C@H](CS)NC(=O)[C@@H](NC(=O)[C@H](CCC(=O)O)NC(=O)CNC(=O)CNC(=O)[C@H](Cc1ccc(O)cc1)NC(=O)[C@H](CCC(=O)O)NC(=O)CNC(=O)[C@@H]1CCCN1C(=O)[C@H](Cc1c[nH]c2ccccc12)NC(=O)[C@H](CS)NC(=O)[C@@H](N)CO)C(C)C)C(=O)O. The third-order valence-corrected chi connectivity index (χ3v) is 19.5. The lowest BCUT2D eigenvalue weighted by molar-refractivity contribution is -0.143. The van der Waals surface area contributed by atoms with Gasteiger partial charge in [-0.1, -0.05) is 76.2 Å². The normalized spacial score (nSPS) is 15.3. The molecule has 0 bridgehead atoms. The first kappa shape index (κ1) is 94.0. The summed E-state index contributed by atoms with van der Waals surface area (Å²) < 4.78 is 0. The van der Waals surface area contributed by atoms with E-state index in [9.17, 15) is 112 Å². The molecule has 3 heterocycles. The van der Waals surface area contributed by atoms with Gasteiger partial charge in [-0.15, -0.1) is 0 Å². The second kappa shape index (κ2) is 46.0. The summed E-state index contributed by atoms with van der Waals surface area (Å²) in [6, 6.07) is 1.35. The number of amides is 14. The summed E-state index contributed by atoms with van der Waals surface area (Å²) in [6.45, 7) is 2.08. The molecule has 40 nitrogen and oxygen atoms in total. The molecule has 1 aliphatic rings. The van der Waals surface area contributed by atoms with Crippen LogP contribution in [0, 0.1) is 11.8 Å². The van der Waals surface area contributed by atoms with E-state index >= 15 is 0 Å². The first-order valence-corrected chi connectivity index (χ1v) is 38.7. The Morgan fingerprint density at radius 2 is 0.923 bits per heavy atom. The predicted molar refractivity (Wildman–Crippen MR) is 424 cm³/mol. The van der Waals surface area contributed by atoms with Crippen LogP contribution in [0.5, 0.6) is 5.75 Å². The number of fused-ring (bicyclic) bond motifs is 2. The lowest BCUT2D eigenvalue weighted by Crippen LogP contribution is -2.61. The summed E-state index contributed by atoms with van der Waals surface area (Å²) in [5.74, 6) is -19.8. The van der Waals surface area contributed by atoms with E-state index in [4.69, 9.17) is 5.73 Å². The fourth-order valence-corrected chi connectivity index (χ4v) is 13.0. The number of carboxylic acids is 3. The minimum atomic E-state index is -1.72. The average molecular weight is 1670 g/mol. The number of nitrogens with two attached hydrogens (primary N) is 1. The molecule has 14 amide bonds. The van der Waals surface area contributed by atoms with E-state index in [0.717, 1.165) is 0 Å². The van der Waals surface area contributed by atoms with Crippen molar-refractivity contribution in [2.45, 2.75) is 164 Å². The molecule has 3 aromatic carbocycles. The first-order chi connectivity index (χ1) is 55.5. The van der Waals surface area contributed by atoms with Gasteiger partial charge < -0.3 is 120 Å². The molecule has 1 aliphatic heterocycles. The van der Waals surface area contributed by atoms with Crippen molar-refractivity contribution in [3.05, 3.63) is 102 Å². The molecule has 5 aromatic rings. The second-order valence-corrected chi connectivity index (χ2v) is 29.2. The van der Waals surface area contributed by atoms with E-state index in [-0.39, 0.29) is 56.1 Å². The largest absolute Gasteiger partial charge is 0.508 e. The van der Waals surface area contributed by atoms with Gasteiger partial charge in [0.15, 0.2) is 0 Å². The van der Waals surface area contributed by atoms with Crippen LogP contribution < -0.4 is 74.9 Å². The fraction of sp³-hybridized carbons (Fsp3) is 0.480. The highest BCUT2D eigenvalue weighted by atomic mass is 32.1. The number of nitrogens with one attached hydrogen (secondary N) is 15. The number of aliphatic carboxylic acids is 3. The van der Waals surface area contributed by atoms with Crippen LogP contribution in [0.1, 0.15) is 89.3 Å². The molecule has 117 heavy (non-hydrogen) atoms. The molecule has 0 aliphatic carbocycles. The van der Waals surface area contributed by atoms with Gasteiger partial charge in [-0.3, -0.25) is 76.7 Å². The molecule has 12 atom stereocenters. The number of likely N-dealkylation sites (tertiary alicyclic amines) is 1. The summed E-state index contributed by atoms with van der Waals surface area (Å²) in [5, 5.41) is 91.2. The number of benzene rings is 3. The lowest BCUT2D eigenvalue weighted by atomic mass is 10.0. The number of carbonyl (C=O) groups is 17. The summed E-state index contributed by atoms with van der Waals surface area (Å²) in [7, 11) is 0. The second-order valence-electron chi connectivity index (χ2n) is 28.5. The van der Waals surface area contributed by atoms with Crippen LogP contribution in [0.4, 0.5) is 0 Å². The van der Waals surface area contributed by atoms with Crippen LogP contribution in [-0.4, -0.2) is 270 Å². The first-order valence-electron chi connectivity index (χ1n) is 37.4. The highest BCUT2D eigenvalue weighted by Gasteiger charge is 2.41. The molecule has 1 saturated heterocycles. The minimum absolute atomic E-state index is 0.0123. The number of phenolic OH excluding ortho intramolecular Hbond substituents is 1. The highest BCUT2D eigenvalue weighted by Crippen LogP contribution is 2.25. The average Bonchev–Trinajstić information content (AvgIpc) is 1.69. The quantitative estimate of drug-likeness (QED) is 0.0163. The number of nitrogens with zero attached hydrogens (tertiary/aromatic N) is 1. The maximum Gasteiger partial charge on any atom is 0.326 e. The Bertz CT molecular complexity index is 4390. The number of carbonyl (C=O) groups excluding carboxylic acids is 14. The van der Waals surface area contributed by atoms with Crippen molar-refractivity contribution in [1.29, 1.82) is 0 Å². The number of aliphatic hydroxyl groups excluding tert-OH is 2. The molecule has 6 rings (SSSR count). The molecule has 1 fully saturated rings. The molecule has 42 heteroatoms. The third-order valence-electron chi connectivity index (χ3n) is 18.7. The number of aromatic hydroxyl groups is 1. The van der Waals surface area contributed by atoms with Crippen molar-refractivity contribution in [3.8, 4) is 5.75 Å². The van der Waals surface area contributed by atoms with Gasteiger partial charge in [0, 0.05) is 84.4 Å². The number of hydrogen-bond acceptors (Lipinski definition) is 23. The van der Waals surface area contributed by atoms with Gasteiger partial charge in [0.2, 0.25) is 82.7 Å². The van der Waals surface area contributed by atoms with Crippen LogP contribution in [0.3, 0.4) is 0 Å². The maximum atomic E-state index is 14.6. The number of rotatable bonds is 47. The number of aliphatic hydroxyl groups is 2. The Kier molecular flexibility index (Phi) is 36.9. The van der Waals surface area contributed by atoms with Crippen molar-refractivity contribution >= 4 is 148 Å². The number of thiol groups is 2. The summed E-state index contributed by atoms with van der Waals surface area (Å²) in [5.41, 5.74) is 8.44. The van der Waals surface area contributed by atoms with Crippen molar-refractivity contribution in [3.63, 3.8) is 0 Å². The molecule has 0 radical (unpaired) electrons. The number of H-pyrrole nitrogens is 2. The topological polar surface area (TPSA) is 629 Å². The summed E-state index contributed by atoms with van der Waals surface area (Å²) >= 11 is 8.45. The Morgan fingerprint density at radius 3 is 1.43 bits per heavy atom. The molecular weight excluding hydrogens is 1570 g/mol. The van der Waals surface area contributed by atoms with Crippen LogP contribution in [-0.2, 0) is 101 Å². The Morgan fingerprint density at radius 1 is 0.479 bits per heavy atom.